The van der Waals surface area contributed by atoms with Crippen molar-refractivity contribution in [3.63, 3.8) is 0 Å². The van der Waals surface area contributed by atoms with Gasteiger partial charge >= 0.3 is 18.0 Å². The number of carbonyl (C=O) groups is 3. The Labute approximate surface area is 296 Å². The lowest BCUT2D eigenvalue weighted by atomic mass is 9.88. The number of nitrogens with zero attached hydrogens (tertiary/aromatic N) is 3. The number of hydrogen-bond donors (Lipinski definition) is 1. The van der Waals surface area contributed by atoms with Crippen molar-refractivity contribution in [2.45, 2.75) is 65.3 Å². The summed E-state index contributed by atoms with van der Waals surface area (Å²) in [6.07, 6.45) is 5.17. The number of alkyl carbamates (subject to hydrolysis) is 1. The van der Waals surface area contributed by atoms with Gasteiger partial charge in [-0.05, 0) is 52.6 Å². The summed E-state index contributed by atoms with van der Waals surface area (Å²) >= 11 is 0. The monoisotopic (exact) mass is 696 g/mol. The second-order valence-corrected chi connectivity index (χ2v) is 11.8. The SMILES string of the molecule is CCC(COC(=O)CCc1cccc(CN=C=O)c1)(COC(=O)CCc1cccc(COC#N)c1)COC(=O)NCc1cccc(CN=C=O)c1. The van der Waals surface area contributed by atoms with Crippen LogP contribution in [0.3, 0.4) is 0 Å². The van der Waals surface area contributed by atoms with E-state index in [0.717, 1.165) is 33.4 Å². The first-order valence-electron chi connectivity index (χ1n) is 16.3. The van der Waals surface area contributed by atoms with E-state index >= 15 is 0 Å². The van der Waals surface area contributed by atoms with E-state index in [-0.39, 0.29) is 58.9 Å². The van der Waals surface area contributed by atoms with Gasteiger partial charge in [0, 0.05) is 19.4 Å². The Hall–Kier alpha value is -6.08. The summed E-state index contributed by atoms with van der Waals surface area (Å²) in [5.41, 5.74) is 3.85. The van der Waals surface area contributed by atoms with Gasteiger partial charge in [0.25, 0.3) is 6.26 Å². The van der Waals surface area contributed by atoms with Crippen LogP contribution in [-0.4, -0.2) is 50.0 Å². The van der Waals surface area contributed by atoms with Gasteiger partial charge in [-0.1, -0.05) is 79.7 Å². The molecule has 0 aromatic heterocycles. The molecule has 1 atom stereocenters. The van der Waals surface area contributed by atoms with Crippen molar-refractivity contribution in [3.8, 4) is 6.26 Å². The Morgan fingerprint density at radius 3 is 1.71 bits per heavy atom. The molecule has 0 saturated heterocycles. The van der Waals surface area contributed by atoms with E-state index in [1.165, 1.54) is 12.2 Å². The molecule has 0 spiro atoms. The molecule has 0 heterocycles. The molecule has 266 valence electrons. The molecule has 3 aromatic rings. The van der Waals surface area contributed by atoms with Crippen LogP contribution in [0.4, 0.5) is 4.79 Å². The van der Waals surface area contributed by atoms with Gasteiger partial charge in [-0.15, -0.1) is 0 Å². The smallest absolute Gasteiger partial charge is 0.407 e. The Morgan fingerprint density at radius 2 is 1.18 bits per heavy atom. The van der Waals surface area contributed by atoms with Gasteiger partial charge < -0.3 is 24.3 Å². The molecule has 0 radical (unpaired) electrons. The third-order valence-electron chi connectivity index (χ3n) is 7.94. The fourth-order valence-corrected chi connectivity index (χ4v) is 4.94. The van der Waals surface area contributed by atoms with Crippen molar-refractivity contribution in [1.29, 1.82) is 5.26 Å². The maximum Gasteiger partial charge on any atom is 0.407 e. The molecular weight excluding hydrogens is 656 g/mol. The van der Waals surface area contributed by atoms with Crippen molar-refractivity contribution in [1.82, 2.24) is 5.32 Å². The fraction of sp³-hybridized carbons (Fsp3) is 0.368. The van der Waals surface area contributed by atoms with E-state index in [0.29, 0.717) is 19.3 Å². The van der Waals surface area contributed by atoms with Crippen LogP contribution in [0.15, 0.2) is 82.8 Å². The Balaban J connectivity index is 1.61. The highest BCUT2D eigenvalue weighted by molar-refractivity contribution is 5.70. The average molecular weight is 697 g/mol. The molecule has 13 nitrogen and oxygen atoms in total. The quantitative estimate of drug-likeness (QED) is 0.0502. The van der Waals surface area contributed by atoms with Gasteiger partial charge in [0.15, 0.2) is 0 Å². The number of aryl methyl sites for hydroxylation is 2. The molecule has 0 aliphatic heterocycles. The van der Waals surface area contributed by atoms with Gasteiger partial charge in [0.1, 0.15) is 26.4 Å². The lowest BCUT2D eigenvalue weighted by Gasteiger charge is -2.31. The van der Waals surface area contributed by atoms with Gasteiger partial charge in [-0.3, -0.25) is 9.59 Å². The minimum Gasteiger partial charge on any atom is -0.465 e. The van der Waals surface area contributed by atoms with Crippen LogP contribution in [0.25, 0.3) is 0 Å². The normalized spacial score (nSPS) is 11.4. The highest BCUT2D eigenvalue weighted by Gasteiger charge is 2.34. The second kappa shape index (κ2) is 21.8. The zero-order chi connectivity index (χ0) is 36.7. The van der Waals surface area contributed by atoms with E-state index in [2.05, 4.69) is 15.3 Å². The summed E-state index contributed by atoms with van der Waals surface area (Å²) in [4.78, 5) is 66.5. The molecule has 0 aliphatic rings. The topological polar surface area (TPSA) is 183 Å². The molecule has 51 heavy (non-hydrogen) atoms. The zero-order valence-electron chi connectivity index (χ0n) is 28.4. The van der Waals surface area contributed by atoms with Crippen molar-refractivity contribution < 1.29 is 42.9 Å². The van der Waals surface area contributed by atoms with Crippen LogP contribution >= 0.6 is 0 Å². The zero-order valence-corrected chi connectivity index (χ0v) is 28.4. The minimum atomic E-state index is -1.03. The van der Waals surface area contributed by atoms with E-state index in [1.54, 1.807) is 30.5 Å². The van der Waals surface area contributed by atoms with Gasteiger partial charge in [0.05, 0.1) is 18.5 Å². The number of benzene rings is 3. The van der Waals surface area contributed by atoms with Crippen molar-refractivity contribution in [2.75, 3.05) is 19.8 Å². The molecule has 1 N–H and O–H groups in total. The number of nitrogens with one attached hydrogen (secondary N) is 1. The van der Waals surface area contributed by atoms with E-state index in [9.17, 15) is 24.0 Å². The third kappa shape index (κ3) is 14.9. The maximum atomic E-state index is 12.8. The number of esters is 2. The molecule has 3 rings (SSSR count). The molecule has 1 amide bonds. The van der Waals surface area contributed by atoms with E-state index in [4.69, 9.17) is 24.2 Å². The molecule has 3 aromatic carbocycles. The Kier molecular flexibility index (Phi) is 16.8. The van der Waals surface area contributed by atoms with E-state index in [1.807, 2.05) is 55.5 Å². The molecule has 0 fully saturated rings. The van der Waals surface area contributed by atoms with Crippen LogP contribution in [0.1, 0.15) is 59.6 Å². The fourth-order valence-electron chi connectivity index (χ4n) is 4.94. The summed E-state index contributed by atoms with van der Waals surface area (Å²) in [6.45, 7) is 1.92. The number of ether oxygens (including phenoxy) is 4. The van der Waals surface area contributed by atoms with Gasteiger partial charge in [-0.25, -0.2) is 24.4 Å². The predicted molar refractivity (Wildman–Crippen MR) is 183 cm³/mol. The number of amides is 1. The van der Waals surface area contributed by atoms with Crippen LogP contribution in [0.2, 0.25) is 0 Å². The summed E-state index contributed by atoms with van der Waals surface area (Å²) in [6, 6.07) is 21.8. The third-order valence-corrected chi connectivity index (χ3v) is 7.94. The number of aliphatic imine (C=N–C) groups is 2. The molecule has 0 aliphatic carbocycles. The first-order valence-corrected chi connectivity index (χ1v) is 16.3. The van der Waals surface area contributed by atoms with Crippen LogP contribution in [0, 0.1) is 16.9 Å². The van der Waals surface area contributed by atoms with Gasteiger partial charge in [0.2, 0.25) is 12.2 Å². The first-order chi connectivity index (χ1) is 24.8. The summed E-state index contributed by atoms with van der Waals surface area (Å²) in [7, 11) is 0. The average Bonchev–Trinajstić information content (AvgIpc) is 3.16. The molecular formula is C38H40N4O9. The Morgan fingerprint density at radius 1 is 0.706 bits per heavy atom. The van der Waals surface area contributed by atoms with Crippen molar-refractivity contribution in [2.24, 2.45) is 15.4 Å². The summed E-state index contributed by atoms with van der Waals surface area (Å²) < 4.78 is 21.6. The molecule has 1 unspecified atom stereocenters. The number of nitriles is 1. The van der Waals surface area contributed by atoms with Crippen LogP contribution in [-0.2, 0) is 77.2 Å². The van der Waals surface area contributed by atoms with Gasteiger partial charge in [-0.2, -0.15) is 5.26 Å². The van der Waals surface area contributed by atoms with E-state index < -0.39 is 23.4 Å². The van der Waals surface area contributed by atoms with Crippen LogP contribution < -0.4 is 5.32 Å². The Bertz CT molecular complexity index is 1670. The standard InChI is InChI=1S/C38H40N4O9/c1-2-38(23-49-35(45)14-12-29-6-3-8-31(16-29)19-40-27-43,24-50-36(46)15-13-30-7-4-11-34(17-30)22-48-26-39)25-51-37(47)42-21-33-10-5-9-32(18-33)20-41-28-44/h3-11,16-18H,2,12-15,19-25H2,1H3,(H,42,47). The number of isocyanates is 2. The molecule has 13 heteroatoms. The lowest BCUT2D eigenvalue weighted by Crippen LogP contribution is -2.40. The second-order valence-electron chi connectivity index (χ2n) is 11.8. The summed E-state index contributed by atoms with van der Waals surface area (Å²) in [5.74, 6) is -0.973. The lowest BCUT2D eigenvalue weighted by molar-refractivity contribution is -0.156. The largest absolute Gasteiger partial charge is 0.465 e. The summed E-state index contributed by atoms with van der Waals surface area (Å²) in [5, 5.41) is 11.3. The highest BCUT2D eigenvalue weighted by atomic mass is 16.6. The maximum absolute atomic E-state index is 12.8. The van der Waals surface area contributed by atoms with Crippen molar-refractivity contribution in [3.05, 3.63) is 106 Å². The number of hydrogen-bond acceptors (Lipinski definition) is 12. The molecule has 0 bridgehead atoms. The number of rotatable bonds is 21. The predicted octanol–water partition coefficient (Wildman–Crippen LogP) is 5.33. The highest BCUT2D eigenvalue weighted by Crippen LogP contribution is 2.25. The number of carbonyl (C=O) groups excluding carboxylic acids is 5. The van der Waals surface area contributed by atoms with Crippen LogP contribution in [0.5, 0.6) is 0 Å². The minimum absolute atomic E-state index is 0.0665. The van der Waals surface area contributed by atoms with Crippen molar-refractivity contribution >= 4 is 30.2 Å². The molecule has 0 saturated carbocycles. The first kappa shape index (κ1) is 39.4.